The van der Waals surface area contributed by atoms with Gasteiger partial charge in [0.2, 0.25) is 11.8 Å². The molecule has 1 saturated heterocycles. The fraction of sp³-hybridized carbons (Fsp3) is 0.692. The van der Waals surface area contributed by atoms with E-state index in [1.165, 1.54) is 12.8 Å². The highest BCUT2D eigenvalue weighted by molar-refractivity contribution is 5.27. The Morgan fingerprint density at radius 2 is 2.22 bits per heavy atom. The van der Waals surface area contributed by atoms with Gasteiger partial charge in [-0.05, 0) is 45.7 Å². The first kappa shape index (κ1) is 13.1. The summed E-state index contributed by atoms with van der Waals surface area (Å²) < 4.78 is 5.55. The van der Waals surface area contributed by atoms with Gasteiger partial charge in [-0.1, -0.05) is 0 Å². The van der Waals surface area contributed by atoms with E-state index in [9.17, 15) is 0 Å². The van der Waals surface area contributed by atoms with Crippen LogP contribution in [0, 0.1) is 5.92 Å². The van der Waals surface area contributed by atoms with E-state index in [2.05, 4.69) is 20.6 Å². The van der Waals surface area contributed by atoms with E-state index < -0.39 is 0 Å². The maximum Gasteiger partial charge on any atom is 0.225 e. The van der Waals surface area contributed by atoms with Crippen molar-refractivity contribution < 1.29 is 4.74 Å². The van der Waals surface area contributed by atoms with Gasteiger partial charge >= 0.3 is 0 Å². The highest BCUT2D eigenvalue weighted by Gasteiger charge is 2.13. The molecule has 0 radical (unpaired) electrons. The van der Waals surface area contributed by atoms with Crippen molar-refractivity contribution in [2.45, 2.75) is 32.8 Å². The van der Waals surface area contributed by atoms with E-state index in [0.717, 1.165) is 19.6 Å². The number of anilines is 1. The van der Waals surface area contributed by atoms with Gasteiger partial charge in [-0.25, -0.2) is 4.98 Å². The molecule has 2 rings (SSSR count). The third-order valence-corrected chi connectivity index (χ3v) is 2.99. The summed E-state index contributed by atoms with van der Waals surface area (Å²) in [4.78, 5) is 8.55. The molecule has 1 aliphatic heterocycles. The first-order valence-corrected chi connectivity index (χ1v) is 6.68. The van der Waals surface area contributed by atoms with Crippen molar-refractivity contribution in [3.05, 3.63) is 12.3 Å². The van der Waals surface area contributed by atoms with E-state index in [1.54, 1.807) is 12.3 Å². The van der Waals surface area contributed by atoms with Crippen LogP contribution in [0.15, 0.2) is 12.3 Å². The first-order valence-electron chi connectivity index (χ1n) is 6.68. The van der Waals surface area contributed by atoms with Crippen LogP contribution < -0.4 is 15.4 Å². The van der Waals surface area contributed by atoms with Crippen molar-refractivity contribution >= 4 is 5.95 Å². The summed E-state index contributed by atoms with van der Waals surface area (Å²) in [5.74, 6) is 2.00. The topological polar surface area (TPSA) is 59.1 Å². The Morgan fingerprint density at radius 3 is 2.94 bits per heavy atom. The molecular weight excluding hydrogens is 228 g/mol. The van der Waals surface area contributed by atoms with Crippen molar-refractivity contribution in [1.82, 2.24) is 15.3 Å². The highest BCUT2D eigenvalue weighted by Crippen LogP contribution is 2.14. The minimum absolute atomic E-state index is 0.136. The number of hydrogen-bond acceptors (Lipinski definition) is 5. The summed E-state index contributed by atoms with van der Waals surface area (Å²) in [6.07, 6.45) is 4.30. The van der Waals surface area contributed by atoms with Crippen LogP contribution in [0.1, 0.15) is 26.7 Å². The minimum atomic E-state index is 0.136. The molecule has 0 aromatic carbocycles. The van der Waals surface area contributed by atoms with Gasteiger partial charge in [0.25, 0.3) is 0 Å². The first-order chi connectivity index (χ1) is 8.74. The molecule has 1 aromatic heterocycles. The van der Waals surface area contributed by atoms with E-state index in [-0.39, 0.29) is 6.10 Å². The predicted molar refractivity (Wildman–Crippen MR) is 71.9 cm³/mol. The number of rotatable bonds is 5. The van der Waals surface area contributed by atoms with Crippen molar-refractivity contribution in [2.75, 3.05) is 25.0 Å². The molecule has 0 bridgehead atoms. The van der Waals surface area contributed by atoms with Gasteiger partial charge in [0, 0.05) is 18.8 Å². The van der Waals surface area contributed by atoms with Crippen LogP contribution in [-0.4, -0.2) is 35.7 Å². The van der Waals surface area contributed by atoms with Crippen LogP contribution in [0.2, 0.25) is 0 Å². The van der Waals surface area contributed by atoms with Gasteiger partial charge in [-0.2, -0.15) is 4.98 Å². The Morgan fingerprint density at radius 1 is 1.44 bits per heavy atom. The molecule has 1 aromatic rings. The standard InChI is InChI=1S/C13H22N4O/c1-10(2)18-12-5-8-15-13(17-12)16-9-11-3-6-14-7-4-11/h5,8,10-11,14H,3-4,6-7,9H2,1-2H3,(H,15,16,17). The summed E-state index contributed by atoms with van der Waals surface area (Å²) in [5.41, 5.74) is 0. The molecule has 0 atom stereocenters. The van der Waals surface area contributed by atoms with Gasteiger partial charge in [-0.15, -0.1) is 0 Å². The Kier molecular flexibility index (Phi) is 4.75. The largest absolute Gasteiger partial charge is 0.475 e. The fourth-order valence-electron chi connectivity index (χ4n) is 2.06. The van der Waals surface area contributed by atoms with Crippen LogP contribution >= 0.6 is 0 Å². The van der Waals surface area contributed by atoms with E-state index in [4.69, 9.17) is 4.74 Å². The zero-order valence-electron chi connectivity index (χ0n) is 11.1. The molecule has 1 fully saturated rings. The molecule has 0 unspecified atom stereocenters. The molecule has 0 amide bonds. The smallest absolute Gasteiger partial charge is 0.225 e. The van der Waals surface area contributed by atoms with Crippen molar-refractivity contribution in [3.63, 3.8) is 0 Å². The Labute approximate surface area is 108 Å². The average molecular weight is 250 g/mol. The van der Waals surface area contributed by atoms with E-state index >= 15 is 0 Å². The molecule has 0 aliphatic carbocycles. The van der Waals surface area contributed by atoms with Crippen LogP contribution in [0.25, 0.3) is 0 Å². The second-order valence-electron chi connectivity index (χ2n) is 4.96. The summed E-state index contributed by atoms with van der Waals surface area (Å²) >= 11 is 0. The van der Waals surface area contributed by atoms with E-state index in [1.807, 2.05) is 13.8 Å². The van der Waals surface area contributed by atoms with Gasteiger partial charge in [0.1, 0.15) is 0 Å². The van der Waals surface area contributed by atoms with Gasteiger partial charge < -0.3 is 15.4 Å². The molecule has 18 heavy (non-hydrogen) atoms. The zero-order chi connectivity index (χ0) is 12.8. The predicted octanol–water partition coefficient (Wildman–Crippen LogP) is 1.68. The zero-order valence-corrected chi connectivity index (χ0v) is 11.1. The fourth-order valence-corrected chi connectivity index (χ4v) is 2.06. The molecule has 0 saturated carbocycles. The summed E-state index contributed by atoms with van der Waals surface area (Å²) in [7, 11) is 0. The van der Waals surface area contributed by atoms with Crippen LogP contribution in [0.3, 0.4) is 0 Å². The van der Waals surface area contributed by atoms with Crippen LogP contribution in [0.5, 0.6) is 5.88 Å². The molecule has 100 valence electrons. The van der Waals surface area contributed by atoms with Gasteiger partial charge in [0.05, 0.1) is 6.10 Å². The van der Waals surface area contributed by atoms with Crippen LogP contribution in [-0.2, 0) is 0 Å². The maximum absolute atomic E-state index is 5.55. The number of nitrogens with zero attached hydrogens (tertiary/aromatic N) is 2. The molecular formula is C13H22N4O. The summed E-state index contributed by atoms with van der Waals surface area (Å²) in [6, 6.07) is 1.79. The Bertz CT molecular complexity index is 364. The monoisotopic (exact) mass is 250 g/mol. The highest BCUT2D eigenvalue weighted by atomic mass is 16.5. The molecule has 2 N–H and O–H groups in total. The van der Waals surface area contributed by atoms with Crippen molar-refractivity contribution in [3.8, 4) is 5.88 Å². The second-order valence-corrected chi connectivity index (χ2v) is 4.96. The van der Waals surface area contributed by atoms with Crippen molar-refractivity contribution in [2.24, 2.45) is 5.92 Å². The lowest BCUT2D eigenvalue weighted by Crippen LogP contribution is -2.31. The van der Waals surface area contributed by atoms with Gasteiger partial charge in [0.15, 0.2) is 0 Å². The SMILES string of the molecule is CC(C)Oc1ccnc(NCC2CCNCC2)n1. The number of aromatic nitrogens is 2. The second kappa shape index (κ2) is 6.54. The Balaban J connectivity index is 1.84. The normalized spacial score (nSPS) is 16.8. The molecule has 0 spiro atoms. The lowest BCUT2D eigenvalue weighted by molar-refractivity contribution is 0.232. The number of ether oxygens (including phenoxy) is 1. The molecule has 5 heteroatoms. The summed E-state index contributed by atoms with van der Waals surface area (Å²) in [6.45, 7) is 7.15. The average Bonchev–Trinajstić information content (AvgIpc) is 2.37. The number of hydrogen-bond donors (Lipinski definition) is 2. The molecule has 5 nitrogen and oxygen atoms in total. The number of nitrogens with one attached hydrogen (secondary N) is 2. The number of piperidine rings is 1. The maximum atomic E-state index is 5.55. The van der Waals surface area contributed by atoms with Gasteiger partial charge in [-0.3, -0.25) is 0 Å². The quantitative estimate of drug-likeness (QED) is 0.832. The molecule has 1 aliphatic rings. The van der Waals surface area contributed by atoms with E-state index in [0.29, 0.717) is 17.7 Å². The summed E-state index contributed by atoms with van der Waals surface area (Å²) in [5, 5.41) is 6.66. The molecule has 2 heterocycles. The lowest BCUT2D eigenvalue weighted by Gasteiger charge is -2.22. The third kappa shape index (κ3) is 4.14. The lowest BCUT2D eigenvalue weighted by atomic mass is 9.98. The minimum Gasteiger partial charge on any atom is -0.475 e. The van der Waals surface area contributed by atoms with Crippen molar-refractivity contribution in [1.29, 1.82) is 0 Å². The van der Waals surface area contributed by atoms with Crippen LogP contribution in [0.4, 0.5) is 5.95 Å². The Hall–Kier alpha value is -1.36. The third-order valence-electron chi connectivity index (χ3n) is 2.99.